The van der Waals surface area contributed by atoms with Gasteiger partial charge in [0.2, 0.25) is 0 Å². The third-order valence-corrected chi connectivity index (χ3v) is 3.57. The van der Waals surface area contributed by atoms with Crippen LogP contribution in [0.15, 0.2) is 0 Å². The molecule has 17 heavy (non-hydrogen) atoms. The molecule has 0 aliphatic carbocycles. The van der Waals surface area contributed by atoms with Gasteiger partial charge in [0.1, 0.15) is 5.78 Å². The number of carbonyl (C=O) groups is 1. The van der Waals surface area contributed by atoms with Crippen LogP contribution in [0.4, 0.5) is 0 Å². The fourth-order valence-corrected chi connectivity index (χ4v) is 2.19. The topological polar surface area (TPSA) is 17.1 Å². The monoisotopic (exact) mass is 240 g/mol. The van der Waals surface area contributed by atoms with Crippen LogP contribution in [0.2, 0.25) is 0 Å². The maximum atomic E-state index is 11.9. The molecule has 2 unspecified atom stereocenters. The van der Waals surface area contributed by atoms with E-state index in [0.717, 1.165) is 12.8 Å². The maximum Gasteiger partial charge on any atom is 0.138 e. The smallest absolute Gasteiger partial charge is 0.138 e. The summed E-state index contributed by atoms with van der Waals surface area (Å²) in [4.78, 5) is 11.9. The molecule has 0 saturated heterocycles. The first-order valence-electron chi connectivity index (χ1n) is 6.97. The second-order valence-electron chi connectivity index (χ2n) is 7.93. The molecule has 1 nitrogen and oxygen atoms in total. The van der Waals surface area contributed by atoms with E-state index >= 15 is 0 Å². The van der Waals surface area contributed by atoms with E-state index in [0.29, 0.717) is 23.0 Å². The summed E-state index contributed by atoms with van der Waals surface area (Å²) in [6.45, 7) is 17.5. The van der Waals surface area contributed by atoms with Gasteiger partial charge < -0.3 is 0 Å². The van der Waals surface area contributed by atoms with Crippen LogP contribution in [0.1, 0.15) is 74.7 Å². The lowest BCUT2D eigenvalue weighted by Gasteiger charge is -2.28. The first-order valence-corrected chi connectivity index (χ1v) is 6.97. The molecule has 0 fully saturated rings. The van der Waals surface area contributed by atoms with E-state index in [9.17, 15) is 4.79 Å². The van der Waals surface area contributed by atoms with Gasteiger partial charge in [0.15, 0.2) is 0 Å². The number of hydrogen-bond donors (Lipinski definition) is 0. The highest BCUT2D eigenvalue weighted by Gasteiger charge is 2.24. The van der Waals surface area contributed by atoms with Gasteiger partial charge in [-0.25, -0.2) is 0 Å². The van der Waals surface area contributed by atoms with Gasteiger partial charge in [-0.3, -0.25) is 4.79 Å². The van der Waals surface area contributed by atoms with Gasteiger partial charge in [-0.1, -0.05) is 55.4 Å². The largest absolute Gasteiger partial charge is 0.299 e. The van der Waals surface area contributed by atoms with Gasteiger partial charge in [-0.15, -0.1) is 0 Å². The summed E-state index contributed by atoms with van der Waals surface area (Å²) in [5.74, 6) is 1.73. The second kappa shape index (κ2) is 6.02. The summed E-state index contributed by atoms with van der Waals surface area (Å²) in [6, 6.07) is 0. The molecule has 0 aromatic rings. The van der Waals surface area contributed by atoms with Gasteiger partial charge in [-0.05, 0) is 30.1 Å². The summed E-state index contributed by atoms with van der Waals surface area (Å²) < 4.78 is 0. The predicted molar refractivity (Wildman–Crippen MR) is 76.1 cm³/mol. The Balaban J connectivity index is 4.11. The van der Waals surface area contributed by atoms with Crippen molar-refractivity contribution in [3.63, 3.8) is 0 Å². The zero-order valence-electron chi connectivity index (χ0n) is 13.2. The molecule has 0 aliphatic rings. The highest BCUT2D eigenvalue weighted by molar-refractivity contribution is 5.83. The Labute approximate surface area is 108 Å². The lowest BCUT2D eigenvalue weighted by molar-refractivity contribution is -0.126. The molecule has 0 aromatic heterocycles. The van der Waals surface area contributed by atoms with Crippen LogP contribution in [-0.2, 0) is 4.79 Å². The van der Waals surface area contributed by atoms with Crippen molar-refractivity contribution in [1.29, 1.82) is 0 Å². The van der Waals surface area contributed by atoms with Gasteiger partial charge in [0.05, 0.1) is 0 Å². The van der Waals surface area contributed by atoms with Gasteiger partial charge in [0.25, 0.3) is 0 Å². The molecule has 0 saturated carbocycles. The van der Waals surface area contributed by atoms with Crippen molar-refractivity contribution >= 4 is 5.78 Å². The van der Waals surface area contributed by atoms with Crippen LogP contribution < -0.4 is 0 Å². The minimum absolute atomic E-state index is 0.174. The normalized spacial score (nSPS) is 16.7. The van der Waals surface area contributed by atoms with Crippen LogP contribution in [0.3, 0.4) is 0 Å². The van der Waals surface area contributed by atoms with E-state index < -0.39 is 0 Å². The molecule has 0 aromatic carbocycles. The van der Waals surface area contributed by atoms with E-state index in [1.165, 1.54) is 6.42 Å². The molecular formula is C16H32O. The molecule has 1 heteroatoms. The second-order valence-corrected chi connectivity index (χ2v) is 7.93. The third-order valence-electron chi connectivity index (χ3n) is 3.57. The quantitative estimate of drug-likeness (QED) is 0.654. The molecule has 0 spiro atoms. The minimum atomic E-state index is -0.174. The van der Waals surface area contributed by atoms with Crippen molar-refractivity contribution in [3.05, 3.63) is 0 Å². The maximum absolute atomic E-state index is 11.9. The van der Waals surface area contributed by atoms with Crippen molar-refractivity contribution in [3.8, 4) is 0 Å². The average Bonchev–Trinajstić information content (AvgIpc) is 2.08. The van der Waals surface area contributed by atoms with Gasteiger partial charge in [0, 0.05) is 11.8 Å². The lowest BCUT2D eigenvalue weighted by atomic mass is 9.77. The van der Waals surface area contributed by atoms with Crippen LogP contribution in [0, 0.1) is 22.7 Å². The van der Waals surface area contributed by atoms with Crippen molar-refractivity contribution in [2.24, 2.45) is 22.7 Å². The lowest BCUT2D eigenvalue weighted by Crippen LogP contribution is -2.22. The molecule has 0 rings (SSSR count). The van der Waals surface area contributed by atoms with Crippen LogP contribution in [0.5, 0.6) is 0 Å². The van der Waals surface area contributed by atoms with Crippen molar-refractivity contribution in [2.45, 2.75) is 74.7 Å². The standard InChI is InChI=1S/C16H32O/c1-12(13(2)11-15(3,4)5)9-10-14(17)16(6,7)8/h12-13H,9-11H2,1-8H3. The summed E-state index contributed by atoms with van der Waals surface area (Å²) in [7, 11) is 0. The van der Waals surface area contributed by atoms with Crippen molar-refractivity contribution in [1.82, 2.24) is 0 Å². The summed E-state index contributed by atoms with van der Waals surface area (Å²) in [5.41, 5.74) is 0.217. The van der Waals surface area contributed by atoms with E-state index in [1.807, 2.05) is 20.8 Å². The molecule has 0 amide bonds. The molecule has 0 bridgehead atoms. The Kier molecular flexibility index (Phi) is 5.90. The van der Waals surface area contributed by atoms with E-state index in [-0.39, 0.29) is 5.41 Å². The molecule has 0 radical (unpaired) electrons. The number of Topliss-reactive ketones (excluding diaryl/α,β-unsaturated/α-hetero) is 1. The Morgan fingerprint density at radius 2 is 1.41 bits per heavy atom. The van der Waals surface area contributed by atoms with E-state index in [4.69, 9.17) is 0 Å². The first kappa shape index (κ1) is 16.7. The minimum Gasteiger partial charge on any atom is -0.299 e. The van der Waals surface area contributed by atoms with Gasteiger partial charge in [-0.2, -0.15) is 0 Å². The third kappa shape index (κ3) is 7.57. The first-order chi connectivity index (χ1) is 7.43. The number of carbonyl (C=O) groups excluding carboxylic acids is 1. The average molecular weight is 240 g/mol. The van der Waals surface area contributed by atoms with Crippen molar-refractivity contribution < 1.29 is 4.79 Å². The molecule has 0 aliphatic heterocycles. The van der Waals surface area contributed by atoms with E-state index in [2.05, 4.69) is 34.6 Å². The number of hydrogen-bond acceptors (Lipinski definition) is 1. The fraction of sp³-hybridized carbons (Fsp3) is 0.938. The highest BCUT2D eigenvalue weighted by atomic mass is 16.1. The highest BCUT2D eigenvalue weighted by Crippen LogP contribution is 2.31. The zero-order valence-corrected chi connectivity index (χ0v) is 13.2. The Bertz CT molecular complexity index is 239. The summed E-state index contributed by atoms with van der Waals surface area (Å²) in [5, 5.41) is 0. The molecule has 0 heterocycles. The van der Waals surface area contributed by atoms with Crippen LogP contribution >= 0.6 is 0 Å². The van der Waals surface area contributed by atoms with Crippen LogP contribution in [-0.4, -0.2) is 5.78 Å². The molecule has 0 N–H and O–H groups in total. The zero-order chi connectivity index (χ0) is 13.9. The Hall–Kier alpha value is -0.330. The Morgan fingerprint density at radius 1 is 0.941 bits per heavy atom. The van der Waals surface area contributed by atoms with E-state index in [1.54, 1.807) is 0 Å². The summed E-state index contributed by atoms with van der Waals surface area (Å²) >= 11 is 0. The molecule has 102 valence electrons. The summed E-state index contributed by atoms with van der Waals surface area (Å²) in [6.07, 6.45) is 3.00. The molecular weight excluding hydrogens is 208 g/mol. The SMILES string of the molecule is CC(CCC(=O)C(C)(C)C)C(C)CC(C)(C)C. The number of rotatable bonds is 5. The van der Waals surface area contributed by atoms with Crippen LogP contribution in [0.25, 0.3) is 0 Å². The molecule has 2 atom stereocenters. The predicted octanol–water partition coefficient (Wildman–Crippen LogP) is 5.09. The Morgan fingerprint density at radius 3 is 1.76 bits per heavy atom. The van der Waals surface area contributed by atoms with Crippen molar-refractivity contribution in [2.75, 3.05) is 0 Å². The van der Waals surface area contributed by atoms with Gasteiger partial charge >= 0.3 is 0 Å². The fourth-order valence-electron chi connectivity index (χ4n) is 2.19. The number of ketones is 1.